The van der Waals surface area contributed by atoms with Crippen molar-refractivity contribution in [2.24, 2.45) is 5.92 Å². The van der Waals surface area contributed by atoms with Crippen LogP contribution in [0.3, 0.4) is 0 Å². The Labute approximate surface area is 110 Å². The van der Waals surface area contributed by atoms with Gasteiger partial charge in [0.15, 0.2) is 0 Å². The van der Waals surface area contributed by atoms with Crippen LogP contribution in [0.25, 0.3) is 0 Å². The van der Waals surface area contributed by atoms with Crippen molar-refractivity contribution in [1.29, 1.82) is 0 Å². The molecule has 0 fully saturated rings. The second kappa shape index (κ2) is 6.17. The van der Waals surface area contributed by atoms with E-state index in [9.17, 15) is 14.0 Å². The van der Waals surface area contributed by atoms with E-state index < -0.39 is 23.7 Å². The lowest BCUT2D eigenvalue weighted by molar-refractivity contribution is -0.140. The highest BCUT2D eigenvalue weighted by molar-refractivity contribution is 6.00. The molecule has 1 aromatic rings. The number of halogens is 1. The molecule has 6 heteroatoms. The number of carbonyl (C=O) groups is 2. The number of aliphatic carboxylic acids is 1. The highest BCUT2D eigenvalue weighted by atomic mass is 19.1. The largest absolute Gasteiger partial charge is 0.480 e. The molecule has 4 N–H and O–H groups in total. The molecule has 0 radical (unpaired) electrons. The Kier molecular flexibility index (Phi) is 4.86. The summed E-state index contributed by atoms with van der Waals surface area (Å²) in [7, 11) is 0. The van der Waals surface area contributed by atoms with Crippen molar-refractivity contribution in [3.8, 4) is 0 Å². The molecular formula is C13H17FN2O3. The van der Waals surface area contributed by atoms with Gasteiger partial charge in [-0.2, -0.15) is 0 Å². The zero-order valence-electron chi connectivity index (χ0n) is 10.8. The third kappa shape index (κ3) is 3.67. The van der Waals surface area contributed by atoms with Crippen molar-refractivity contribution in [2.45, 2.75) is 26.3 Å². The number of carboxylic acids is 1. The number of hydrogen-bond donors (Lipinski definition) is 3. The van der Waals surface area contributed by atoms with Gasteiger partial charge in [0.2, 0.25) is 0 Å². The van der Waals surface area contributed by atoms with Gasteiger partial charge in [0, 0.05) is 5.69 Å². The normalized spacial score (nSPS) is 13.6. The molecule has 0 aliphatic heterocycles. The van der Waals surface area contributed by atoms with E-state index in [1.807, 2.05) is 6.92 Å². The first-order valence-corrected chi connectivity index (χ1v) is 5.95. The summed E-state index contributed by atoms with van der Waals surface area (Å²) in [5.41, 5.74) is 5.62. The summed E-state index contributed by atoms with van der Waals surface area (Å²) in [4.78, 5) is 23.0. The second-order valence-corrected chi connectivity index (χ2v) is 4.41. The van der Waals surface area contributed by atoms with Gasteiger partial charge in [0.25, 0.3) is 5.91 Å². The standard InChI is InChI=1S/C13H17FN2O3/c1-3-7(2)11(13(18)19)16-12(17)9-6-8(14)4-5-10(9)15/h4-7,11H,3,15H2,1-2H3,(H,16,17)(H,18,19)/t7-,11-/m0/s1. The molecule has 19 heavy (non-hydrogen) atoms. The lowest BCUT2D eigenvalue weighted by Crippen LogP contribution is -2.45. The maximum atomic E-state index is 13.1. The first kappa shape index (κ1) is 14.9. The van der Waals surface area contributed by atoms with Gasteiger partial charge >= 0.3 is 5.97 Å². The van der Waals surface area contributed by atoms with Crippen LogP contribution in [0.4, 0.5) is 10.1 Å². The van der Waals surface area contributed by atoms with E-state index in [1.165, 1.54) is 6.07 Å². The van der Waals surface area contributed by atoms with Crippen LogP contribution in [0.15, 0.2) is 18.2 Å². The summed E-state index contributed by atoms with van der Waals surface area (Å²) in [6, 6.07) is 2.36. The van der Waals surface area contributed by atoms with Crippen LogP contribution in [-0.2, 0) is 4.79 Å². The summed E-state index contributed by atoms with van der Waals surface area (Å²) in [5, 5.41) is 11.4. The molecule has 0 heterocycles. The molecular weight excluding hydrogens is 251 g/mol. The van der Waals surface area contributed by atoms with Gasteiger partial charge in [-0.25, -0.2) is 9.18 Å². The number of anilines is 1. The van der Waals surface area contributed by atoms with Gasteiger partial charge in [0.05, 0.1) is 5.56 Å². The molecule has 0 aliphatic carbocycles. The van der Waals surface area contributed by atoms with E-state index in [-0.39, 0.29) is 17.2 Å². The molecule has 0 unspecified atom stereocenters. The maximum Gasteiger partial charge on any atom is 0.326 e. The third-order valence-electron chi connectivity index (χ3n) is 3.03. The Hall–Kier alpha value is -2.11. The first-order chi connectivity index (χ1) is 8.86. The quantitative estimate of drug-likeness (QED) is 0.708. The zero-order valence-corrected chi connectivity index (χ0v) is 10.8. The number of nitrogen functional groups attached to an aromatic ring is 1. The molecule has 1 amide bonds. The smallest absolute Gasteiger partial charge is 0.326 e. The van der Waals surface area contributed by atoms with Gasteiger partial charge in [-0.1, -0.05) is 20.3 Å². The minimum absolute atomic E-state index is 0.0606. The zero-order chi connectivity index (χ0) is 14.6. The lowest BCUT2D eigenvalue weighted by Gasteiger charge is -2.20. The Balaban J connectivity index is 2.94. The van der Waals surface area contributed by atoms with E-state index in [2.05, 4.69) is 5.32 Å². The summed E-state index contributed by atoms with van der Waals surface area (Å²) in [6.45, 7) is 3.54. The molecule has 0 aromatic heterocycles. The van der Waals surface area contributed by atoms with E-state index in [0.717, 1.165) is 12.1 Å². The maximum absolute atomic E-state index is 13.1. The van der Waals surface area contributed by atoms with E-state index in [1.54, 1.807) is 6.92 Å². The predicted octanol–water partition coefficient (Wildman–Crippen LogP) is 1.64. The van der Waals surface area contributed by atoms with Crippen LogP contribution in [-0.4, -0.2) is 23.0 Å². The summed E-state index contributed by atoms with van der Waals surface area (Å²) in [5.74, 6) is -2.66. The fraction of sp³-hybridized carbons (Fsp3) is 0.385. The minimum Gasteiger partial charge on any atom is -0.480 e. The SMILES string of the molecule is CC[C@H](C)[C@H](NC(=O)c1cc(F)ccc1N)C(=O)O. The molecule has 104 valence electrons. The molecule has 0 aliphatic rings. The average Bonchev–Trinajstić information content (AvgIpc) is 2.37. The monoisotopic (exact) mass is 268 g/mol. The number of carboxylic acid groups (broad SMARTS) is 1. The lowest BCUT2D eigenvalue weighted by atomic mass is 9.99. The number of hydrogen-bond acceptors (Lipinski definition) is 3. The van der Waals surface area contributed by atoms with Crippen LogP contribution in [0.2, 0.25) is 0 Å². The van der Waals surface area contributed by atoms with Gasteiger partial charge < -0.3 is 16.2 Å². The Morgan fingerprint density at radius 1 is 1.47 bits per heavy atom. The van der Waals surface area contributed by atoms with Crippen molar-refractivity contribution in [2.75, 3.05) is 5.73 Å². The third-order valence-corrected chi connectivity index (χ3v) is 3.03. The molecule has 0 saturated heterocycles. The number of nitrogens with two attached hydrogens (primary N) is 1. The Morgan fingerprint density at radius 3 is 2.63 bits per heavy atom. The van der Waals surface area contributed by atoms with E-state index in [4.69, 9.17) is 10.8 Å². The Bertz CT molecular complexity index is 491. The van der Waals surface area contributed by atoms with Crippen molar-refractivity contribution in [1.82, 2.24) is 5.32 Å². The van der Waals surface area contributed by atoms with Crippen molar-refractivity contribution in [3.63, 3.8) is 0 Å². The molecule has 0 saturated carbocycles. The topological polar surface area (TPSA) is 92.4 Å². The second-order valence-electron chi connectivity index (χ2n) is 4.41. The molecule has 5 nitrogen and oxygen atoms in total. The number of amides is 1. The van der Waals surface area contributed by atoms with Gasteiger partial charge in [-0.05, 0) is 24.1 Å². The van der Waals surface area contributed by atoms with Crippen LogP contribution in [0.1, 0.15) is 30.6 Å². The van der Waals surface area contributed by atoms with Gasteiger partial charge in [0.1, 0.15) is 11.9 Å². The van der Waals surface area contributed by atoms with Gasteiger partial charge in [-0.15, -0.1) is 0 Å². The number of carbonyl (C=O) groups excluding carboxylic acids is 1. The molecule has 0 spiro atoms. The molecule has 2 atom stereocenters. The highest BCUT2D eigenvalue weighted by Crippen LogP contribution is 2.15. The average molecular weight is 268 g/mol. The predicted molar refractivity (Wildman–Crippen MR) is 69.2 cm³/mol. The molecule has 1 aromatic carbocycles. The highest BCUT2D eigenvalue weighted by Gasteiger charge is 2.26. The molecule has 1 rings (SSSR count). The summed E-state index contributed by atoms with van der Waals surface area (Å²) >= 11 is 0. The number of benzene rings is 1. The molecule has 0 bridgehead atoms. The summed E-state index contributed by atoms with van der Waals surface area (Å²) in [6.07, 6.45) is 0.593. The van der Waals surface area contributed by atoms with Crippen LogP contribution < -0.4 is 11.1 Å². The number of nitrogens with one attached hydrogen (secondary N) is 1. The first-order valence-electron chi connectivity index (χ1n) is 5.95. The van der Waals surface area contributed by atoms with E-state index in [0.29, 0.717) is 6.42 Å². The fourth-order valence-electron chi connectivity index (χ4n) is 1.63. The number of rotatable bonds is 5. The van der Waals surface area contributed by atoms with Gasteiger partial charge in [-0.3, -0.25) is 4.79 Å². The van der Waals surface area contributed by atoms with Crippen LogP contribution in [0, 0.1) is 11.7 Å². The van der Waals surface area contributed by atoms with Crippen molar-refractivity contribution < 1.29 is 19.1 Å². The fourth-order valence-corrected chi connectivity index (χ4v) is 1.63. The van der Waals surface area contributed by atoms with Crippen LogP contribution in [0.5, 0.6) is 0 Å². The van der Waals surface area contributed by atoms with Crippen LogP contribution >= 0.6 is 0 Å². The van der Waals surface area contributed by atoms with Crippen molar-refractivity contribution >= 4 is 17.6 Å². The van der Waals surface area contributed by atoms with E-state index >= 15 is 0 Å². The Morgan fingerprint density at radius 2 is 2.11 bits per heavy atom. The minimum atomic E-state index is -1.13. The summed E-state index contributed by atoms with van der Waals surface area (Å²) < 4.78 is 13.1. The van der Waals surface area contributed by atoms with Crippen molar-refractivity contribution in [3.05, 3.63) is 29.6 Å².